The van der Waals surface area contributed by atoms with E-state index in [-0.39, 0.29) is 23.6 Å². The van der Waals surface area contributed by atoms with Crippen LogP contribution in [0, 0.1) is 0 Å². The summed E-state index contributed by atoms with van der Waals surface area (Å²) in [5, 5.41) is 6.19. The molecule has 0 aliphatic heterocycles. The highest BCUT2D eigenvalue weighted by molar-refractivity contribution is 5.93. The molecule has 134 valence electrons. The average molecular weight is 362 g/mol. The van der Waals surface area contributed by atoms with Crippen molar-refractivity contribution in [3.05, 3.63) is 71.9 Å². The van der Waals surface area contributed by atoms with E-state index in [2.05, 4.69) is 15.2 Å². The van der Waals surface area contributed by atoms with Crippen molar-refractivity contribution in [2.75, 3.05) is 0 Å². The van der Waals surface area contributed by atoms with E-state index in [4.69, 9.17) is 4.52 Å². The lowest BCUT2D eigenvalue weighted by atomic mass is 10.1. The van der Waals surface area contributed by atoms with Crippen LogP contribution in [0.15, 0.2) is 65.2 Å². The fraction of sp³-hybridized carbons (Fsp3) is 0.111. The number of para-hydroxylation sites is 1. The van der Waals surface area contributed by atoms with Gasteiger partial charge in [0.25, 0.3) is 5.91 Å². The van der Waals surface area contributed by atoms with Crippen molar-refractivity contribution in [3.8, 4) is 17.1 Å². The topological polar surface area (TPSA) is 64.4 Å². The number of alkyl halides is 3. The molecule has 1 heterocycles. The number of rotatable bonds is 5. The lowest BCUT2D eigenvalue weighted by Crippen LogP contribution is -2.24. The molecule has 0 fully saturated rings. The van der Waals surface area contributed by atoms with Crippen LogP contribution in [-0.4, -0.2) is 17.4 Å². The summed E-state index contributed by atoms with van der Waals surface area (Å²) in [5.41, 5.74) is 0.964. The second-order valence-electron chi connectivity index (χ2n) is 5.28. The first-order chi connectivity index (χ1) is 12.4. The van der Waals surface area contributed by atoms with Crippen LogP contribution >= 0.6 is 0 Å². The first-order valence-corrected chi connectivity index (χ1v) is 7.56. The minimum absolute atomic E-state index is 0.0260. The van der Waals surface area contributed by atoms with Gasteiger partial charge >= 0.3 is 6.36 Å². The van der Waals surface area contributed by atoms with E-state index in [1.54, 1.807) is 18.2 Å². The van der Waals surface area contributed by atoms with Crippen molar-refractivity contribution < 1.29 is 27.2 Å². The molecule has 0 bridgehead atoms. The Labute approximate surface area is 146 Å². The van der Waals surface area contributed by atoms with Gasteiger partial charge in [0.2, 0.25) is 0 Å². The lowest BCUT2D eigenvalue weighted by molar-refractivity contribution is -0.274. The molecule has 0 aliphatic carbocycles. The molecule has 3 aromatic rings. The zero-order valence-electron chi connectivity index (χ0n) is 13.3. The van der Waals surface area contributed by atoms with Gasteiger partial charge in [-0.3, -0.25) is 4.79 Å². The molecule has 2 aromatic carbocycles. The maximum Gasteiger partial charge on any atom is 0.573 e. The smallest absolute Gasteiger partial charge is 0.405 e. The van der Waals surface area contributed by atoms with Crippen LogP contribution in [0.4, 0.5) is 13.2 Å². The van der Waals surface area contributed by atoms with E-state index in [9.17, 15) is 18.0 Å². The second-order valence-corrected chi connectivity index (χ2v) is 5.28. The highest BCUT2D eigenvalue weighted by Gasteiger charge is 2.32. The summed E-state index contributed by atoms with van der Waals surface area (Å²) >= 11 is 0. The molecule has 0 radical (unpaired) electrons. The third-order valence-electron chi connectivity index (χ3n) is 3.44. The molecule has 0 atom stereocenters. The number of hydrogen-bond donors (Lipinski definition) is 1. The van der Waals surface area contributed by atoms with Gasteiger partial charge in [0.1, 0.15) is 5.75 Å². The first-order valence-electron chi connectivity index (χ1n) is 7.56. The van der Waals surface area contributed by atoms with Crippen molar-refractivity contribution in [1.82, 2.24) is 10.5 Å². The SMILES string of the molecule is O=C(NCc1ccccc1OC(F)(F)F)c1cc(-c2ccccc2)on1. The molecule has 0 spiro atoms. The maximum absolute atomic E-state index is 12.4. The van der Waals surface area contributed by atoms with Gasteiger partial charge in [0.05, 0.1) is 0 Å². The van der Waals surface area contributed by atoms with Crippen molar-refractivity contribution in [2.45, 2.75) is 12.9 Å². The molecule has 1 amide bonds. The standard InChI is InChI=1S/C18H13F3N2O3/c19-18(20,21)25-15-9-5-4-8-13(15)11-22-17(24)14-10-16(26-23-14)12-6-2-1-3-7-12/h1-10H,11H2,(H,22,24). The van der Waals surface area contributed by atoms with Crippen LogP contribution in [0.5, 0.6) is 5.75 Å². The van der Waals surface area contributed by atoms with Gasteiger partial charge in [-0.1, -0.05) is 53.7 Å². The zero-order valence-corrected chi connectivity index (χ0v) is 13.3. The molecular weight excluding hydrogens is 349 g/mol. The zero-order chi connectivity index (χ0) is 18.6. The van der Waals surface area contributed by atoms with Gasteiger partial charge in [-0.05, 0) is 6.07 Å². The lowest BCUT2D eigenvalue weighted by Gasteiger charge is -2.13. The Hall–Kier alpha value is -3.29. The van der Waals surface area contributed by atoms with Crippen LogP contribution in [0.2, 0.25) is 0 Å². The molecule has 8 heteroatoms. The number of halogens is 3. The predicted molar refractivity (Wildman–Crippen MR) is 86.2 cm³/mol. The van der Waals surface area contributed by atoms with Crippen molar-refractivity contribution in [2.24, 2.45) is 0 Å². The highest BCUT2D eigenvalue weighted by Crippen LogP contribution is 2.26. The molecule has 0 saturated carbocycles. The number of nitrogens with zero attached hydrogens (tertiary/aromatic N) is 1. The number of benzene rings is 2. The molecule has 0 saturated heterocycles. The van der Waals surface area contributed by atoms with Gasteiger partial charge in [-0.2, -0.15) is 0 Å². The molecule has 5 nitrogen and oxygen atoms in total. The molecule has 0 unspecified atom stereocenters. The number of amides is 1. The first kappa shape index (κ1) is 17.5. The molecular formula is C18H13F3N2O3. The molecule has 3 rings (SSSR count). The van der Waals surface area contributed by atoms with Gasteiger partial charge in [0.15, 0.2) is 11.5 Å². The number of aromatic nitrogens is 1. The van der Waals surface area contributed by atoms with E-state index in [0.29, 0.717) is 5.76 Å². The Morgan fingerprint density at radius 1 is 1.08 bits per heavy atom. The van der Waals surface area contributed by atoms with E-state index >= 15 is 0 Å². The summed E-state index contributed by atoms with van der Waals surface area (Å²) in [4.78, 5) is 12.2. The molecule has 1 N–H and O–H groups in total. The van der Waals surface area contributed by atoms with Crippen LogP contribution < -0.4 is 10.1 Å². The largest absolute Gasteiger partial charge is 0.573 e. The van der Waals surface area contributed by atoms with Gasteiger partial charge in [-0.25, -0.2) is 0 Å². The minimum Gasteiger partial charge on any atom is -0.405 e. The van der Waals surface area contributed by atoms with Crippen LogP contribution in [0.25, 0.3) is 11.3 Å². The van der Waals surface area contributed by atoms with Gasteiger partial charge < -0.3 is 14.6 Å². The Morgan fingerprint density at radius 2 is 1.77 bits per heavy atom. The molecule has 1 aromatic heterocycles. The summed E-state index contributed by atoms with van der Waals surface area (Å²) in [6, 6.07) is 16.1. The number of carbonyl (C=O) groups is 1. The predicted octanol–water partition coefficient (Wildman–Crippen LogP) is 4.17. The summed E-state index contributed by atoms with van der Waals surface area (Å²) in [6.07, 6.45) is -4.81. The van der Waals surface area contributed by atoms with Gasteiger partial charge in [-0.15, -0.1) is 13.2 Å². The molecule has 0 aliphatic rings. The van der Waals surface area contributed by atoms with E-state index in [0.717, 1.165) is 5.56 Å². The van der Waals surface area contributed by atoms with Crippen LogP contribution in [0.1, 0.15) is 16.1 Å². The summed E-state index contributed by atoms with van der Waals surface area (Å²) in [7, 11) is 0. The normalized spacial score (nSPS) is 11.2. The van der Waals surface area contributed by atoms with Crippen molar-refractivity contribution >= 4 is 5.91 Å². The fourth-order valence-electron chi connectivity index (χ4n) is 2.26. The number of nitrogens with one attached hydrogen (secondary N) is 1. The van der Waals surface area contributed by atoms with E-state index in [1.165, 1.54) is 24.3 Å². The maximum atomic E-state index is 12.4. The highest BCUT2D eigenvalue weighted by atomic mass is 19.4. The van der Waals surface area contributed by atoms with Gasteiger partial charge in [0, 0.05) is 23.7 Å². The van der Waals surface area contributed by atoms with E-state index in [1.807, 2.05) is 18.2 Å². The monoisotopic (exact) mass is 362 g/mol. The van der Waals surface area contributed by atoms with Crippen molar-refractivity contribution in [1.29, 1.82) is 0 Å². The Kier molecular flexibility index (Phi) is 4.92. The van der Waals surface area contributed by atoms with E-state index < -0.39 is 12.3 Å². The Bertz CT molecular complexity index is 892. The Balaban J connectivity index is 1.68. The van der Waals surface area contributed by atoms with Crippen molar-refractivity contribution in [3.63, 3.8) is 0 Å². The fourth-order valence-corrected chi connectivity index (χ4v) is 2.26. The summed E-state index contributed by atoms with van der Waals surface area (Å²) in [5.74, 6) is -0.528. The average Bonchev–Trinajstić information content (AvgIpc) is 3.10. The Morgan fingerprint density at radius 3 is 2.50 bits per heavy atom. The summed E-state index contributed by atoms with van der Waals surface area (Å²) < 4.78 is 46.3. The molecule has 26 heavy (non-hydrogen) atoms. The van der Waals surface area contributed by atoms with Crippen LogP contribution in [-0.2, 0) is 6.54 Å². The number of ether oxygens (including phenoxy) is 1. The third kappa shape index (κ3) is 4.41. The second kappa shape index (κ2) is 7.30. The minimum atomic E-state index is -4.81. The summed E-state index contributed by atoms with van der Waals surface area (Å²) in [6.45, 7) is -0.154. The van der Waals surface area contributed by atoms with Crippen LogP contribution in [0.3, 0.4) is 0 Å². The quantitative estimate of drug-likeness (QED) is 0.740. The number of carbonyl (C=O) groups excluding carboxylic acids is 1. The number of hydrogen-bond acceptors (Lipinski definition) is 4. The third-order valence-corrected chi connectivity index (χ3v) is 3.44.